The van der Waals surface area contributed by atoms with E-state index in [1.54, 1.807) is 30.3 Å². The second kappa shape index (κ2) is 7.53. The Morgan fingerprint density at radius 3 is 2.52 bits per heavy atom. The number of carboxylic acid groups (broad SMARTS) is 1. The molecule has 23 heavy (non-hydrogen) atoms. The summed E-state index contributed by atoms with van der Waals surface area (Å²) < 4.78 is 5.06. The molecule has 0 saturated heterocycles. The highest BCUT2D eigenvalue weighted by Gasteiger charge is 2.22. The van der Waals surface area contributed by atoms with Gasteiger partial charge >= 0.3 is 5.97 Å². The topological polar surface area (TPSA) is 105 Å². The number of aryl methyl sites for hydroxylation is 1. The Kier molecular flexibility index (Phi) is 5.46. The largest absolute Gasteiger partial charge is 0.479 e. The third-order valence-electron chi connectivity index (χ3n) is 3.25. The van der Waals surface area contributed by atoms with Gasteiger partial charge in [0.15, 0.2) is 11.9 Å². The molecular weight excluding hydrogens is 298 g/mol. The van der Waals surface area contributed by atoms with Crippen molar-refractivity contribution in [1.29, 1.82) is 0 Å². The summed E-state index contributed by atoms with van der Waals surface area (Å²) in [6, 6.07) is 7.48. The first-order chi connectivity index (χ1) is 11.0. The second-order valence-corrected chi connectivity index (χ2v) is 5.45. The lowest BCUT2D eigenvalue weighted by Crippen LogP contribution is -2.33. The first-order valence-corrected chi connectivity index (χ1v) is 7.37. The molecule has 0 fully saturated rings. The van der Waals surface area contributed by atoms with Gasteiger partial charge in [0.1, 0.15) is 0 Å². The molecule has 0 aliphatic rings. The minimum absolute atomic E-state index is 0.0797. The van der Waals surface area contributed by atoms with Gasteiger partial charge in [-0.3, -0.25) is 4.79 Å². The Morgan fingerprint density at radius 2 is 1.96 bits per heavy atom. The molecule has 0 unspecified atom stereocenters. The molecule has 0 bridgehead atoms. The monoisotopic (exact) mass is 317 g/mol. The molecule has 0 saturated carbocycles. The van der Waals surface area contributed by atoms with Crippen molar-refractivity contribution in [3.63, 3.8) is 0 Å². The number of aliphatic carboxylic acids is 1. The molecule has 7 heteroatoms. The van der Waals surface area contributed by atoms with Gasteiger partial charge in [-0.2, -0.15) is 4.98 Å². The molecule has 0 radical (unpaired) electrons. The van der Waals surface area contributed by atoms with Gasteiger partial charge in [-0.1, -0.05) is 49.3 Å². The summed E-state index contributed by atoms with van der Waals surface area (Å²) in [5.74, 6) is -0.380. The van der Waals surface area contributed by atoms with Crippen molar-refractivity contribution >= 4 is 11.9 Å². The molecule has 2 N–H and O–H groups in total. The highest BCUT2D eigenvalue weighted by molar-refractivity contribution is 5.84. The zero-order chi connectivity index (χ0) is 16.8. The van der Waals surface area contributed by atoms with E-state index in [2.05, 4.69) is 15.5 Å². The van der Waals surface area contributed by atoms with Crippen LogP contribution in [-0.4, -0.2) is 27.1 Å². The standard InChI is InChI=1S/C16H19N3O4/c1-10(2)15-18-13(23-19-15)9-8-12(20)17-14(16(21)22)11-6-4-3-5-7-11/h3-7,10,14H,8-9H2,1-2H3,(H,17,20)(H,21,22)/t14-/m0/s1. The number of nitrogens with one attached hydrogen (secondary N) is 1. The van der Waals surface area contributed by atoms with Gasteiger partial charge in [0.05, 0.1) is 0 Å². The number of aromatic nitrogens is 2. The normalized spacial score (nSPS) is 12.1. The Hall–Kier alpha value is -2.70. The van der Waals surface area contributed by atoms with Crippen LogP contribution < -0.4 is 5.32 Å². The fourth-order valence-electron chi connectivity index (χ4n) is 1.99. The smallest absolute Gasteiger partial charge is 0.330 e. The Balaban J connectivity index is 1.93. The minimum Gasteiger partial charge on any atom is -0.479 e. The number of amides is 1. The quantitative estimate of drug-likeness (QED) is 0.810. The molecule has 0 aliphatic heterocycles. The summed E-state index contributed by atoms with van der Waals surface area (Å²) in [5, 5.41) is 15.6. The zero-order valence-corrected chi connectivity index (χ0v) is 13.0. The zero-order valence-electron chi connectivity index (χ0n) is 13.0. The van der Waals surface area contributed by atoms with E-state index in [0.717, 1.165) is 0 Å². The van der Waals surface area contributed by atoms with Crippen LogP contribution in [0.15, 0.2) is 34.9 Å². The molecule has 0 aliphatic carbocycles. The molecule has 7 nitrogen and oxygen atoms in total. The first-order valence-electron chi connectivity index (χ1n) is 7.37. The molecule has 2 aromatic rings. The van der Waals surface area contributed by atoms with Crippen LogP contribution >= 0.6 is 0 Å². The van der Waals surface area contributed by atoms with Gasteiger partial charge in [-0.25, -0.2) is 4.79 Å². The van der Waals surface area contributed by atoms with Crippen molar-refractivity contribution in [2.24, 2.45) is 0 Å². The molecule has 1 atom stereocenters. The summed E-state index contributed by atoms with van der Waals surface area (Å²) in [6.45, 7) is 3.89. The maximum Gasteiger partial charge on any atom is 0.330 e. The molecular formula is C16H19N3O4. The Bertz CT molecular complexity index is 667. The number of hydrogen-bond acceptors (Lipinski definition) is 5. The summed E-state index contributed by atoms with van der Waals surface area (Å²) in [5.41, 5.74) is 0.522. The van der Waals surface area contributed by atoms with Crippen molar-refractivity contribution in [3.8, 4) is 0 Å². The number of hydrogen-bond donors (Lipinski definition) is 2. The molecule has 1 heterocycles. The van der Waals surface area contributed by atoms with Crippen LogP contribution in [0.3, 0.4) is 0 Å². The van der Waals surface area contributed by atoms with Gasteiger partial charge in [0, 0.05) is 18.8 Å². The van der Waals surface area contributed by atoms with Crippen LogP contribution in [0.1, 0.15) is 49.5 Å². The average molecular weight is 317 g/mol. The second-order valence-electron chi connectivity index (χ2n) is 5.45. The number of benzene rings is 1. The predicted molar refractivity (Wildman–Crippen MR) is 81.7 cm³/mol. The Morgan fingerprint density at radius 1 is 1.26 bits per heavy atom. The van der Waals surface area contributed by atoms with Crippen LogP contribution in [0.2, 0.25) is 0 Å². The van der Waals surface area contributed by atoms with Crippen molar-refractivity contribution in [2.75, 3.05) is 0 Å². The lowest BCUT2D eigenvalue weighted by molar-refractivity contribution is -0.142. The van der Waals surface area contributed by atoms with Gasteiger partial charge in [-0.05, 0) is 5.56 Å². The van der Waals surface area contributed by atoms with Gasteiger partial charge in [-0.15, -0.1) is 0 Å². The van der Waals surface area contributed by atoms with E-state index < -0.39 is 12.0 Å². The van der Waals surface area contributed by atoms with Crippen molar-refractivity contribution in [2.45, 2.75) is 38.6 Å². The van der Waals surface area contributed by atoms with Gasteiger partial charge < -0.3 is 14.9 Å². The van der Waals surface area contributed by atoms with E-state index in [-0.39, 0.29) is 24.7 Å². The van der Waals surface area contributed by atoms with Crippen LogP contribution in [-0.2, 0) is 16.0 Å². The van der Waals surface area contributed by atoms with E-state index in [1.165, 1.54) is 0 Å². The average Bonchev–Trinajstić information content (AvgIpc) is 3.00. The number of nitrogens with zero attached hydrogens (tertiary/aromatic N) is 2. The number of carboxylic acids is 1. The first kappa shape index (κ1) is 16.7. The minimum atomic E-state index is -1.11. The van der Waals surface area contributed by atoms with E-state index in [1.807, 2.05) is 13.8 Å². The van der Waals surface area contributed by atoms with Gasteiger partial charge in [0.2, 0.25) is 11.8 Å². The fraction of sp³-hybridized carbons (Fsp3) is 0.375. The van der Waals surface area contributed by atoms with Crippen LogP contribution in [0, 0.1) is 0 Å². The fourth-order valence-corrected chi connectivity index (χ4v) is 1.99. The van der Waals surface area contributed by atoms with Crippen molar-refractivity contribution < 1.29 is 19.2 Å². The highest BCUT2D eigenvalue weighted by Crippen LogP contribution is 2.14. The lowest BCUT2D eigenvalue weighted by Gasteiger charge is -2.14. The van der Waals surface area contributed by atoms with Crippen LogP contribution in [0.25, 0.3) is 0 Å². The summed E-state index contributed by atoms with van der Waals surface area (Å²) >= 11 is 0. The summed E-state index contributed by atoms with van der Waals surface area (Å²) in [7, 11) is 0. The maximum absolute atomic E-state index is 12.0. The van der Waals surface area contributed by atoms with E-state index in [4.69, 9.17) is 4.52 Å². The molecule has 1 amide bonds. The number of carbonyl (C=O) groups is 2. The number of rotatable bonds is 7. The summed E-state index contributed by atoms with van der Waals surface area (Å²) in [4.78, 5) is 27.5. The van der Waals surface area contributed by atoms with E-state index in [0.29, 0.717) is 17.3 Å². The number of carbonyl (C=O) groups excluding carboxylic acids is 1. The lowest BCUT2D eigenvalue weighted by atomic mass is 10.1. The molecule has 1 aromatic carbocycles. The van der Waals surface area contributed by atoms with Crippen LogP contribution in [0.5, 0.6) is 0 Å². The molecule has 0 spiro atoms. The third-order valence-corrected chi connectivity index (χ3v) is 3.25. The summed E-state index contributed by atoms with van der Waals surface area (Å²) in [6.07, 6.45) is 0.350. The SMILES string of the molecule is CC(C)c1noc(CCC(=O)N[C@H](C(=O)O)c2ccccc2)n1. The van der Waals surface area contributed by atoms with E-state index in [9.17, 15) is 14.7 Å². The molecule has 1 aromatic heterocycles. The highest BCUT2D eigenvalue weighted by atomic mass is 16.5. The third kappa shape index (κ3) is 4.64. The molecule has 2 rings (SSSR count). The van der Waals surface area contributed by atoms with E-state index >= 15 is 0 Å². The van der Waals surface area contributed by atoms with Crippen molar-refractivity contribution in [3.05, 3.63) is 47.6 Å². The Labute approximate surface area is 133 Å². The predicted octanol–water partition coefficient (Wildman–Crippen LogP) is 2.07. The maximum atomic E-state index is 12.0. The van der Waals surface area contributed by atoms with Crippen LogP contribution in [0.4, 0.5) is 0 Å². The molecule has 122 valence electrons. The van der Waals surface area contributed by atoms with Crippen molar-refractivity contribution in [1.82, 2.24) is 15.5 Å². The van der Waals surface area contributed by atoms with Gasteiger partial charge in [0.25, 0.3) is 0 Å².